The van der Waals surface area contributed by atoms with E-state index in [9.17, 15) is 0 Å². The third kappa shape index (κ3) is 4.73. The molecule has 0 spiro atoms. The zero-order valence-electron chi connectivity index (χ0n) is 7.67. The first-order valence-electron chi connectivity index (χ1n) is 4.64. The van der Waals surface area contributed by atoms with Crippen LogP contribution in [0.25, 0.3) is 0 Å². The number of aromatic nitrogens is 1. The van der Waals surface area contributed by atoms with Gasteiger partial charge >= 0.3 is 0 Å². The highest BCUT2D eigenvalue weighted by Gasteiger charge is 1.90. The monoisotopic (exact) mass is 198 g/mol. The van der Waals surface area contributed by atoms with Gasteiger partial charge in [0.2, 0.25) is 0 Å². The standard InChI is InChI=1S/C10H15ClN2/c11-7-3-1-4-8-12-10-6-2-5-9-13-10/h2,5-6,9H,1,3-4,7-8H2,(H,12,13). The van der Waals surface area contributed by atoms with E-state index in [1.165, 1.54) is 6.42 Å². The first-order chi connectivity index (χ1) is 6.43. The molecule has 13 heavy (non-hydrogen) atoms. The SMILES string of the molecule is ClCCCCCNc1ccccn1. The van der Waals surface area contributed by atoms with Gasteiger partial charge in [-0.05, 0) is 25.0 Å². The van der Waals surface area contributed by atoms with Crippen molar-refractivity contribution in [3.63, 3.8) is 0 Å². The molecule has 1 rings (SSSR count). The van der Waals surface area contributed by atoms with Gasteiger partial charge in [-0.25, -0.2) is 4.98 Å². The minimum absolute atomic E-state index is 0.767. The highest BCUT2D eigenvalue weighted by atomic mass is 35.5. The Morgan fingerprint density at radius 2 is 2.15 bits per heavy atom. The minimum Gasteiger partial charge on any atom is -0.370 e. The average molecular weight is 199 g/mol. The van der Waals surface area contributed by atoms with E-state index in [0.717, 1.165) is 31.1 Å². The Morgan fingerprint density at radius 1 is 1.23 bits per heavy atom. The van der Waals surface area contributed by atoms with Crippen molar-refractivity contribution < 1.29 is 0 Å². The van der Waals surface area contributed by atoms with Crippen LogP contribution >= 0.6 is 11.6 Å². The molecule has 1 N–H and O–H groups in total. The number of nitrogens with zero attached hydrogens (tertiary/aromatic N) is 1. The molecule has 3 heteroatoms. The molecule has 1 aromatic rings. The quantitative estimate of drug-likeness (QED) is 0.562. The first kappa shape index (κ1) is 10.3. The van der Waals surface area contributed by atoms with Gasteiger partial charge in [-0.1, -0.05) is 12.5 Å². The molecule has 0 radical (unpaired) electrons. The maximum Gasteiger partial charge on any atom is 0.125 e. The molecule has 0 saturated heterocycles. The first-order valence-corrected chi connectivity index (χ1v) is 5.18. The molecule has 0 amide bonds. The Morgan fingerprint density at radius 3 is 2.85 bits per heavy atom. The molecule has 0 aliphatic carbocycles. The molecule has 0 fully saturated rings. The van der Waals surface area contributed by atoms with E-state index in [0.29, 0.717) is 0 Å². The fourth-order valence-electron chi connectivity index (χ4n) is 1.08. The molecule has 0 aliphatic heterocycles. The van der Waals surface area contributed by atoms with Gasteiger partial charge in [-0.15, -0.1) is 11.6 Å². The van der Waals surface area contributed by atoms with Gasteiger partial charge in [-0.3, -0.25) is 0 Å². The zero-order valence-corrected chi connectivity index (χ0v) is 8.43. The third-order valence-corrected chi connectivity index (χ3v) is 2.05. The summed E-state index contributed by atoms with van der Waals surface area (Å²) in [4.78, 5) is 4.16. The van der Waals surface area contributed by atoms with E-state index in [-0.39, 0.29) is 0 Å². The summed E-state index contributed by atoms with van der Waals surface area (Å²) in [6.45, 7) is 0.980. The summed E-state index contributed by atoms with van der Waals surface area (Å²) in [5.41, 5.74) is 0. The number of alkyl halides is 1. The number of hydrogen-bond donors (Lipinski definition) is 1. The fourth-order valence-corrected chi connectivity index (χ4v) is 1.27. The lowest BCUT2D eigenvalue weighted by molar-refractivity contribution is 0.746. The summed E-state index contributed by atoms with van der Waals surface area (Å²) in [5, 5.41) is 3.25. The highest BCUT2D eigenvalue weighted by Crippen LogP contribution is 2.01. The number of unbranched alkanes of at least 4 members (excludes halogenated alkanes) is 2. The largest absolute Gasteiger partial charge is 0.370 e. The Balaban J connectivity index is 2.07. The maximum atomic E-state index is 5.56. The summed E-state index contributed by atoms with van der Waals surface area (Å²) >= 11 is 5.56. The fraction of sp³-hybridized carbons (Fsp3) is 0.500. The van der Waals surface area contributed by atoms with Gasteiger partial charge in [0.1, 0.15) is 5.82 Å². The molecule has 1 heterocycles. The smallest absolute Gasteiger partial charge is 0.125 e. The van der Waals surface area contributed by atoms with Crippen molar-refractivity contribution in [1.82, 2.24) is 4.98 Å². The molecule has 0 atom stereocenters. The van der Waals surface area contributed by atoms with E-state index >= 15 is 0 Å². The summed E-state index contributed by atoms with van der Waals surface area (Å²) in [6, 6.07) is 5.87. The lowest BCUT2D eigenvalue weighted by atomic mass is 10.2. The molecule has 0 aromatic carbocycles. The van der Waals surface area contributed by atoms with Crippen LogP contribution in [0, 0.1) is 0 Å². The number of anilines is 1. The van der Waals surface area contributed by atoms with Gasteiger partial charge in [0.05, 0.1) is 0 Å². The summed E-state index contributed by atoms with van der Waals surface area (Å²) in [5.74, 6) is 1.72. The molecule has 0 saturated carbocycles. The summed E-state index contributed by atoms with van der Waals surface area (Å²) in [6.07, 6.45) is 5.24. The van der Waals surface area contributed by atoms with Crippen molar-refractivity contribution in [3.8, 4) is 0 Å². The Bertz CT molecular complexity index is 213. The van der Waals surface area contributed by atoms with Crippen LogP contribution in [-0.2, 0) is 0 Å². The van der Waals surface area contributed by atoms with Crippen molar-refractivity contribution in [2.24, 2.45) is 0 Å². The number of nitrogens with one attached hydrogen (secondary N) is 1. The minimum atomic E-state index is 0.767. The zero-order chi connectivity index (χ0) is 9.36. The predicted octanol–water partition coefficient (Wildman–Crippen LogP) is 2.90. The van der Waals surface area contributed by atoms with E-state index in [1.54, 1.807) is 6.20 Å². The third-order valence-electron chi connectivity index (χ3n) is 1.78. The van der Waals surface area contributed by atoms with Gasteiger partial charge in [0, 0.05) is 18.6 Å². The summed E-state index contributed by atoms with van der Waals surface area (Å²) < 4.78 is 0. The van der Waals surface area contributed by atoms with Crippen LogP contribution in [0.1, 0.15) is 19.3 Å². The molecule has 0 aliphatic rings. The number of hydrogen-bond acceptors (Lipinski definition) is 2. The lowest BCUT2D eigenvalue weighted by Crippen LogP contribution is -2.02. The molecule has 2 nitrogen and oxygen atoms in total. The summed E-state index contributed by atoms with van der Waals surface area (Å²) in [7, 11) is 0. The van der Waals surface area contributed by atoms with Crippen LogP contribution < -0.4 is 5.32 Å². The van der Waals surface area contributed by atoms with Crippen molar-refractivity contribution in [2.75, 3.05) is 17.7 Å². The Labute approximate surface area is 84.3 Å². The van der Waals surface area contributed by atoms with Crippen LogP contribution in [-0.4, -0.2) is 17.4 Å². The molecular weight excluding hydrogens is 184 g/mol. The van der Waals surface area contributed by atoms with E-state index < -0.39 is 0 Å². The molecule has 0 bridgehead atoms. The molecule has 72 valence electrons. The predicted molar refractivity (Wildman–Crippen MR) is 57.3 cm³/mol. The number of pyridine rings is 1. The van der Waals surface area contributed by atoms with E-state index in [4.69, 9.17) is 11.6 Å². The second-order valence-corrected chi connectivity index (χ2v) is 3.27. The normalized spacial score (nSPS) is 9.92. The van der Waals surface area contributed by atoms with Crippen molar-refractivity contribution in [1.29, 1.82) is 0 Å². The molecule has 0 unspecified atom stereocenters. The Kier molecular flexibility index (Phi) is 5.34. The van der Waals surface area contributed by atoms with Gasteiger partial charge in [0.15, 0.2) is 0 Å². The Hall–Kier alpha value is -0.760. The second kappa shape index (κ2) is 6.72. The second-order valence-electron chi connectivity index (χ2n) is 2.89. The lowest BCUT2D eigenvalue weighted by Gasteiger charge is -2.03. The highest BCUT2D eigenvalue weighted by molar-refractivity contribution is 6.17. The van der Waals surface area contributed by atoms with Crippen molar-refractivity contribution in [3.05, 3.63) is 24.4 Å². The topological polar surface area (TPSA) is 24.9 Å². The van der Waals surface area contributed by atoms with Crippen LogP contribution in [0.5, 0.6) is 0 Å². The van der Waals surface area contributed by atoms with Crippen LogP contribution in [0.15, 0.2) is 24.4 Å². The van der Waals surface area contributed by atoms with Crippen molar-refractivity contribution in [2.45, 2.75) is 19.3 Å². The average Bonchev–Trinajstić information content (AvgIpc) is 2.19. The van der Waals surface area contributed by atoms with Gasteiger partial charge in [-0.2, -0.15) is 0 Å². The van der Waals surface area contributed by atoms with Crippen molar-refractivity contribution >= 4 is 17.4 Å². The van der Waals surface area contributed by atoms with E-state index in [2.05, 4.69) is 10.3 Å². The number of halogens is 1. The van der Waals surface area contributed by atoms with Crippen LogP contribution in [0.2, 0.25) is 0 Å². The number of rotatable bonds is 6. The van der Waals surface area contributed by atoms with E-state index in [1.807, 2.05) is 18.2 Å². The van der Waals surface area contributed by atoms with Gasteiger partial charge < -0.3 is 5.32 Å². The van der Waals surface area contributed by atoms with Crippen LogP contribution in [0.3, 0.4) is 0 Å². The van der Waals surface area contributed by atoms with Gasteiger partial charge in [0.25, 0.3) is 0 Å². The molecular formula is C10H15ClN2. The molecule has 1 aromatic heterocycles. The van der Waals surface area contributed by atoms with Crippen LogP contribution in [0.4, 0.5) is 5.82 Å². The maximum absolute atomic E-state index is 5.56.